The summed E-state index contributed by atoms with van der Waals surface area (Å²) >= 11 is 0. The van der Waals surface area contributed by atoms with E-state index in [4.69, 9.17) is 24.7 Å². The van der Waals surface area contributed by atoms with Crippen molar-refractivity contribution in [2.24, 2.45) is 23.5 Å². The number of likely N-dealkylation sites (tertiary alicyclic amines) is 1. The second-order valence-corrected chi connectivity index (χ2v) is 27.5. The van der Waals surface area contributed by atoms with Crippen molar-refractivity contribution in [1.29, 1.82) is 0 Å². The van der Waals surface area contributed by atoms with Gasteiger partial charge in [-0.2, -0.15) is 0 Å². The van der Waals surface area contributed by atoms with Gasteiger partial charge in [0, 0.05) is 33.7 Å². The van der Waals surface area contributed by atoms with Gasteiger partial charge in [-0.15, -0.1) is 0 Å². The van der Waals surface area contributed by atoms with Crippen LogP contribution in [0.4, 0.5) is 0 Å². The molecule has 42 heteroatoms. The Morgan fingerprint density at radius 2 is 0.889 bits per heavy atom. The predicted octanol–water partition coefficient (Wildman–Crippen LogP) is -11.4. The first-order chi connectivity index (χ1) is 50.7. The molecule has 0 unspecified atom stereocenters. The fourth-order valence-corrected chi connectivity index (χ4v) is 11.7. The maximum Gasteiger partial charge on any atom is 0.245 e. The number of rotatable bonds is 40. The summed E-state index contributed by atoms with van der Waals surface area (Å²) in [7, 11) is 0. The molecule has 0 radical (unpaired) electrons. The van der Waals surface area contributed by atoms with Crippen LogP contribution in [-0.4, -0.2) is 319 Å². The second kappa shape index (κ2) is 43.3. The first-order valence-corrected chi connectivity index (χ1v) is 35.0. The zero-order valence-electron chi connectivity index (χ0n) is 61.5. The molecule has 3 fully saturated rings. The number of hydrogen-bond acceptors (Lipinski definition) is 28. The summed E-state index contributed by atoms with van der Waals surface area (Å²) in [5, 5.41) is 133. The highest BCUT2D eigenvalue weighted by molar-refractivity contribution is 5.99. The smallest absolute Gasteiger partial charge is 0.245 e. The lowest BCUT2D eigenvalue weighted by Gasteiger charge is -2.42. The third kappa shape index (κ3) is 26.7. The van der Waals surface area contributed by atoms with Crippen molar-refractivity contribution in [3.05, 3.63) is 29.8 Å². The number of nitrogens with one attached hydrogen (secondary N) is 12. The molecule has 0 aliphatic carbocycles. The van der Waals surface area contributed by atoms with Gasteiger partial charge in [-0.3, -0.25) is 67.1 Å². The molecule has 14 amide bonds. The van der Waals surface area contributed by atoms with Gasteiger partial charge in [0.05, 0.1) is 46.2 Å². The SMILES string of the molecule is CC(=O)N[C@H]1[C@H](OC[C@H](NC(=O)[C@H](CO)NC(=O)[C@H](CO[C@@H]2O[C@H](CO)[C@@H](O)[C@H](O)[C@H]2NC(C)=O)NC(=O)[C@@H](NC(=O)[C@@H]2CCCN2C(=O)[C@H](C)NC(=O)[C@H](CO)NC(=O)[C@H](Cc2ccc(O)cc2)NC(C)=O)C(C)C)C(=O)N[C@@H](CC(C)C)C(=O)N[C@@H](CO)C(=O)N[C@H](C(N)=O)C(C)C)O[C@H](CO)[C@@H](O)[C@@H]1O. The molecule has 4 rings (SSSR count). The molecule has 24 N–H and O–H groups in total. The van der Waals surface area contributed by atoms with Gasteiger partial charge in [0.25, 0.3) is 0 Å². The summed E-state index contributed by atoms with van der Waals surface area (Å²) < 4.78 is 23.0. The molecular formula is C66H106N14O28. The third-order valence-electron chi connectivity index (χ3n) is 17.6. The average molecular weight is 1540 g/mol. The predicted molar refractivity (Wildman–Crippen MR) is 369 cm³/mol. The summed E-state index contributed by atoms with van der Waals surface area (Å²) in [6.45, 7) is 6.19. The summed E-state index contributed by atoms with van der Waals surface area (Å²) in [6.07, 6.45) is -14.6. The van der Waals surface area contributed by atoms with Crippen molar-refractivity contribution < 1.29 is 137 Å². The van der Waals surface area contributed by atoms with E-state index >= 15 is 0 Å². The van der Waals surface area contributed by atoms with E-state index < -0.39 is 274 Å². The number of carbonyl (C=O) groups excluding carboxylic acids is 14. The van der Waals surface area contributed by atoms with Crippen LogP contribution in [0.2, 0.25) is 0 Å². The van der Waals surface area contributed by atoms with Gasteiger partial charge in [0.2, 0.25) is 82.7 Å². The normalized spacial score (nSPS) is 24.1. The topological polar surface area (TPSA) is 652 Å². The first kappa shape index (κ1) is 91.5. The molecule has 0 bridgehead atoms. The molecule has 0 saturated carbocycles. The van der Waals surface area contributed by atoms with Crippen LogP contribution >= 0.6 is 0 Å². The van der Waals surface area contributed by atoms with E-state index in [-0.39, 0.29) is 38.0 Å². The van der Waals surface area contributed by atoms with Crippen LogP contribution in [0.3, 0.4) is 0 Å². The number of carbonyl (C=O) groups is 14. The molecule has 0 spiro atoms. The Morgan fingerprint density at radius 1 is 0.491 bits per heavy atom. The maximum atomic E-state index is 14.8. The molecule has 1 aromatic carbocycles. The van der Waals surface area contributed by atoms with E-state index in [2.05, 4.69) is 63.8 Å². The molecule has 108 heavy (non-hydrogen) atoms. The van der Waals surface area contributed by atoms with Crippen LogP contribution in [0.25, 0.3) is 0 Å². The van der Waals surface area contributed by atoms with Crippen molar-refractivity contribution in [2.75, 3.05) is 52.8 Å². The van der Waals surface area contributed by atoms with Crippen molar-refractivity contribution in [3.8, 4) is 5.75 Å². The summed E-state index contributed by atoms with van der Waals surface area (Å²) in [6, 6.07) is -16.0. The van der Waals surface area contributed by atoms with Gasteiger partial charge in [-0.05, 0) is 61.6 Å². The first-order valence-electron chi connectivity index (χ1n) is 35.0. The molecule has 21 atom stereocenters. The second-order valence-electron chi connectivity index (χ2n) is 27.5. The highest BCUT2D eigenvalue weighted by Crippen LogP contribution is 2.26. The van der Waals surface area contributed by atoms with Crippen LogP contribution in [0.15, 0.2) is 24.3 Å². The third-order valence-corrected chi connectivity index (χ3v) is 17.6. The largest absolute Gasteiger partial charge is 0.508 e. The molecule has 0 aromatic heterocycles. The van der Waals surface area contributed by atoms with Gasteiger partial charge in [-0.25, -0.2) is 0 Å². The molecule has 3 aliphatic heterocycles. The van der Waals surface area contributed by atoms with E-state index in [1.807, 2.05) is 0 Å². The Morgan fingerprint density at radius 3 is 1.30 bits per heavy atom. The number of phenolic OH excluding ortho intramolecular Hbond substituents is 1. The number of phenols is 1. The highest BCUT2D eigenvalue weighted by Gasteiger charge is 2.49. The van der Waals surface area contributed by atoms with Gasteiger partial charge in [0.15, 0.2) is 12.6 Å². The molecular weight excluding hydrogens is 1440 g/mol. The van der Waals surface area contributed by atoms with Crippen molar-refractivity contribution in [2.45, 2.75) is 223 Å². The Labute approximate surface area is 621 Å². The van der Waals surface area contributed by atoms with Gasteiger partial charge in [0.1, 0.15) is 121 Å². The summed E-state index contributed by atoms with van der Waals surface area (Å²) in [5.41, 5.74) is 5.96. The monoisotopic (exact) mass is 1540 g/mol. The maximum absolute atomic E-state index is 14.8. The lowest BCUT2D eigenvalue weighted by molar-refractivity contribution is -0.271. The zero-order chi connectivity index (χ0) is 81.3. The van der Waals surface area contributed by atoms with E-state index in [1.165, 1.54) is 45.0 Å². The van der Waals surface area contributed by atoms with Crippen LogP contribution < -0.4 is 69.5 Å². The standard InChI is InChI=1S/C66H106N14O28/c1-27(2)18-36(55(95)74-40(22-83)59(99)78-46(28(3)4)54(67)94)72-60(100)41(25-105-65-48(70-32(9)87)52(92)50(90)44(23-84)107-65)76-58(98)39(21-82)75-61(101)42(26-106-66-49(71-33(10)88)53(93)51(91)45(24-85)108-66)77-63(103)47(29(5)6)79-62(102)43-12-11-17-80(43)64(104)30(7)68-57(97)38(20-81)73-56(96)37(69-31(8)86)19-34-13-15-35(89)16-14-34/h13-16,27-30,36-53,65-66,81-85,89-93H,11-12,17-26H2,1-10H3,(H2,67,94)(H,68,97)(H,69,86)(H,70,87)(H,71,88)(H,72,100)(H,73,96)(H,74,95)(H,75,101)(H,76,98)(H,77,103)(H,78,99)(H,79,102)/t30-,36-,37-,38-,39-,40-,41-,42-,43-,44+,45+,46-,47-,48+,49+,50+,51+,52+,53+,65+,66+/m0/s1. The lowest BCUT2D eigenvalue weighted by Crippen LogP contribution is -2.66. The Balaban J connectivity index is 1.68. The lowest BCUT2D eigenvalue weighted by atomic mass is 9.97. The average Bonchev–Trinajstić information content (AvgIpc) is 0.899. The number of hydrogen-bond donors (Lipinski definition) is 23. The van der Waals surface area contributed by atoms with Crippen LogP contribution in [0, 0.1) is 17.8 Å². The summed E-state index contributed by atoms with van der Waals surface area (Å²) in [4.78, 5) is 192. The number of nitrogens with zero attached hydrogens (tertiary/aromatic N) is 1. The molecule has 3 saturated heterocycles. The number of primary amides is 1. The van der Waals surface area contributed by atoms with E-state index in [1.54, 1.807) is 27.7 Å². The molecule has 1 aromatic rings. The summed E-state index contributed by atoms with van der Waals surface area (Å²) in [5.74, 6) is -16.4. The fraction of sp³-hybridized carbons (Fsp3) is 0.697. The molecule has 3 heterocycles. The van der Waals surface area contributed by atoms with E-state index in [9.17, 15) is 118 Å². The van der Waals surface area contributed by atoms with Crippen LogP contribution in [0.5, 0.6) is 5.75 Å². The number of aliphatic hydroxyl groups is 9. The van der Waals surface area contributed by atoms with Gasteiger partial charge < -0.3 is 144 Å². The molecule has 3 aliphatic rings. The van der Waals surface area contributed by atoms with Crippen molar-refractivity contribution in [1.82, 2.24) is 68.7 Å². The minimum atomic E-state index is -2.19. The van der Waals surface area contributed by atoms with E-state index in [0.717, 1.165) is 25.7 Å². The Hall–Kier alpha value is -8.92. The Kier molecular flexibility index (Phi) is 36.7. The van der Waals surface area contributed by atoms with Crippen LogP contribution in [0.1, 0.15) is 94.1 Å². The minimum Gasteiger partial charge on any atom is -0.508 e. The van der Waals surface area contributed by atoms with E-state index in [0.29, 0.717) is 5.56 Å². The number of nitrogens with two attached hydrogens (primary N) is 1. The number of aliphatic hydroxyl groups excluding tert-OH is 9. The number of ether oxygens (including phenoxy) is 4. The highest BCUT2D eigenvalue weighted by atomic mass is 16.7. The quantitative estimate of drug-likeness (QED) is 0.0290. The number of aromatic hydroxyl groups is 1. The molecule has 608 valence electrons. The number of amides is 14. The van der Waals surface area contributed by atoms with Crippen molar-refractivity contribution >= 4 is 82.7 Å². The van der Waals surface area contributed by atoms with Gasteiger partial charge >= 0.3 is 0 Å². The zero-order valence-corrected chi connectivity index (χ0v) is 61.5. The van der Waals surface area contributed by atoms with Crippen LogP contribution in [-0.2, 0) is 92.5 Å². The number of benzene rings is 1. The fourth-order valence-electron chi connectivity index (χ4n) is 11.7. The van der Waals surface area contributed by atoms with Gasteiger partial charge in [-0.1, -0.05) is 53.7 Å². The minimum absolute atomic E-state index is 0.00188. The van der Waals surface area contributed by atoms with Crippen molar-refractivity contribution in [3.63, 3.8) is 0 Å². The Bertz CT molecular complexity index is 3260. The molecule has 42 nitrogen and oxygen atoms in total.